The molecule has 11 nitrogen and oxygen atoms in total. The largest absolute Gasteiger partial charge is 0.379 e. The summed E-state index contributed by atoms with van der Waals surface area (Å²) in [4.78, 5) is 24.3. The molecule has 1 rings (SSSR count). The molecule has 2 amide bonds. The van der Waals surface area contributed by atoms with Crippen molar-refractivity contribution in [2.45, 2.75) is 38.6 Å². The Balaban J connectivity index is 1.97. The Morgan fingerprint density at radius 2 is 1.17 bits per heavy atom. The fourth-order valence-corrected chi connectivity index (χ4v) is 3.57. The van der Waals surface area contributed by atoms with Gasteiger partial charge in [0.15, 0.2) is 0 Å². The van der Waals surface area contributed by atoms with Crippen LogP contribution in [-0.4, -0.2) is 110 Å². The summed E-state index contributed by atoms with van der Waals surface area (Å²) in [6, 6.07) is 7.12. The van der Waals surface area contributed by atoms with Gasteiger partial charge in [-0.15, -0.1) is 11.6 Å². The Hall–Kier alpha value is -1.83. The molecule has 0 fully saturated rings. The molecular formula is C29H50ClN3O8. The molecule has 1 aromatic carbocycles. The van der Waals surface area contributed by atoms with Crippen LogP contribution in [0.1, 0.15) is 48.0 Å². The van der Waals surface area contributed by atoms with Crippen LogP contribution in [0.4, 0.5) is 0 Å². The molecule has 1 aromatic rings. The molecule has 0 aromatic heterocycles. The number of amides is 2. The van der Waals surface area contributed by atoms with Crippen molar-refractivity contribution in [3.05, 3.63) is 35.4 Å². The predicted octanol–water partition coefficient (Wildman–Crippen LogP) is 2.28. The second-order valence-corrected chi connectivity index (χ2v) is 9.42. The first-order valence-electron chi connectivity index (χ1n) is 14.5. The van der Waals surface area contributed by atoms with Crippen molar-refractivity contribution in [1.29, 1.82) is 0 Å². The van der Waals surface area contributed by atoms with E-state index in [9.17, 15) is 9.59 Å². The maximum Gasteiger partial charge on any atom is 0.251 e. The van der Waals surface area contributed by atoms with Crippen LogP contribution in [0.2, 0.25) is 0 Å². The second kappa shape index (κ2) is 28.3. The quantitative estimate of drug-likeness (QED) is 0.0929. The van der Waals surface area contributed by atoms with Gasteiger partial charge in [0.05, 0.1) is 72.7 Å². The van der Waals surface area contributed by atoms with Crippen LogP contribution >= 0.6 is 11.6 Å². The summed E-state index contributed by atoms with van der Waals surface area (Å²) in [5.74, 6) is 0.447. The van der Waals surface area contributed by atoms with E-state index >= 15 is 0 Å². The smallest absolute Gasteiger partial charge is 0.251 e. The third-order valence-corrected chi connectivity index (χ3v) is 5.90. The number of hydrogen-bond acceptors (Lipinski definition) is 9. The fraction of sp³-hybridized carbons (Fsp3) is 0.724. The molecule has 4 N–H and O–H groups in total. The van der Waals surface area contributed by atoms with Gasteiger partial charge in [-0.3, -0.25) is 9.59 Å². The minimum Gasteiger partial charge on any atom is -0.379 e. The highest BCUT2D eigenvalue weighted by Crippen LogP contribution is 2.05. The average molecular weight is 604 g/mol. The standard InChI is InChI=1S/C29H50ClN3O8/c30-10-3-1-2-4-13-36-17-20-39-16-12-32-29(35)27-7-5-26(6-8-27)25-33-28(34)9-14-37-18-21-40-23-24-41-22-19-38-15-11-31/h5-8H,1-4,9-25,31H2,(H,32,35)(H,33,34). The van der Waals surface area contributed by atoms with E-state index in [0.29, 0.717) is 97.9 Å². The number of unbranched alkanes of at least 4 members (excludes halogenated alkanes) is 3. The lowest BCUT2D eigenvalue weighted by Crippen LogP contribution is -2.27. The highest BCUT2D eigenvalue weighted by Gasteiger charge is 2.06. The molecule has 12 heteroatoms. The Labute approximate surface area is 250 Å². The number of ether oxygens (including phenoxy) is 6. The van der Waals surface area contributed by atoms with E-state index in [0.717, 1.165) is 43.7 Å². The molecule has 0 radical (unpaired) electrons. The molecule has 0 saturated heterocycles. The summed E-state index contributed by atoms with van der Waals surface area (Å²) in [5.41, 5.74) is 6.78. The van der Waals surface area contributed by atoms with Crippen molar-refractivity contribution in [3.63, 3.8) is 0 Å². The lowest BCUT2D eigenvalue weighted by molar-refractivity contribution is -0.122. The number of nitrogens with one attached hydrogen (secondary N) is 2. The van der Waals surface area contributed by atoms with Gasteiger partial charge >= 0.3 is 0 Å². The van der Waals surface area contributed by atoms with Crippen molar-refractivity contribution >= 4 is 23.4 Å². The highest BCUT2D eigenvalue weighted by atomic mass is 35.5. The maximum absolute atomic E-state index is 12.3. The van der Waals surface area contributed by atoms with Crippen molar-refractivity contribution in [2.75, 3.05) is 98.3 Å². The van der Waals surface area contributed by atoms with E-state index in [1.165, 1.54) is 0 Å². The molecule has 0 unspecified atom stereocenters. The summed E-state index contributed by atoms with van der Waals surface area (Å²) >= 11 is 5.65. The lowest BCUT2D eigenvalue weighted by Gasteiger charge is -2.09. The Morgan fingerprint density at radius 3 is 1.78 bits per heavy atom. The zero-order valence-corrected chi connectivity index (χ0v) is 25.1. The average Bonchev–Trinajstić information content (AvgIpc) is 2.99. The van der Waals surface area contributed by atoms with E-state index in [1.54, 1.807) is 12.1 Å². The molecule has 0 spiro atoms. The normalized spacial score (nSPS) is 11.1. The molecule has 0 heterocycles. The van der Waals surface area contributed by atoms with Gasteiger partial charge < -0.3 is 44.8 Å². The zero-order chi connectivity index (χ0) is 29.6. The van der Waals surface area contributed by atoms with E-state index in [1.807, 2.05) is 12.1 Å². The Kier molecular flexibility index (Phi) is 25.7. The van der Waals surface area contributed by atoms with E-state index in [4.69, 9.17) is 45.8 Å². The summed E-state index contributed by atoms with van der Waals surface area (Å²) < 4.78 is 32.4. The van der Waals surface area contributed by atoms with Gasteiger partial charge in [0.2, 0.25) is 5.91 Å². The monoisotopic (exact) mass is 603 g/mol. The summed E-state index contributed by atoms with van der Waals surface area (Å²) in [6.07, 6.45) is 4.63. The van der Waals surface area contributed by atoms with Crippen molar-refractivity contribution in [2.24, 2.45) is 5.73 Å². The molecule has 236 valence electrons. The number of hydrogen-bond donors (Lipinski definition) is 3. The molecule has 0 aliphatic heterocycles. The van der Waals surface area contributed by atoms with Crippen LogP contribution in [-0.2, 0) is 39.8 Å². The number of carbonyl (C=O) groups is 2. The maximum atomic E-state index is 12.3. The topological polar surface area (TPSA) is 140 Å². The first-order valence-corrected chi connectivity index (χ1v) is 15.1. The van der Waals surface area contributed by atoms with E-state index < -0.39 is 0 Å². The molecule has 0 atom stereocenters. The number of benzene rings is 1. The van der Waals surface area contributed by atoms with Gasteiger partial charge in [0.25, 0.3) is 5.91 Å². The molecule has 0 aliphatic rings. The van der Waals surface area contributed by atoms with E-state index in [-0.39, 0.29) is 18.2 Å². The van der Waals surface area contributed by atoms with Gasteiger partial charge in [-0.2, -0.15) is 0 Å². The van der Waals surface area contributed by atoms with Crippen molar-refractivity contribution < 1.29 is 38.0 Å². The van der Waals surface area contributed by atoms with Crippen LogP contribution in [0.15, 0.2) is 24.3 Å². The number of carbonyl (C=O) groups excluding carboxylic acids is 2. The van der Waals surface area contributed by atoms with Gasteiger partial charge in [0.1, 0.15) is 0 Å². The number of alkyl halides is 1. The third-order valence-electron chi connectivity index (χ3n) is 5.63. The lowest BCUT2D eigenvalue weighted by atomic mass is 10.1. The molecule has 41 heavy (non-hydrogen) atoms. The Morgan fingerprint density at radius 1 is 0.634 bits per heavy atom. The summed E-state index contributed by atoms with van der Waals surface area (Å²) in [5, 5.41) is 5.69. The SMILES string of the molecule is NCCOCCOCCOCCOCCC(=O)NCc1ccc(C(=O)NCCOCCOCCCCCCCl)cc1. The minimum absolute atomic E-state index is 0.106. The van der Waals surface area contributed by atoms with Crippen LogP contribution < -0.4 is 16.4 Å². The van der Waals surface area contributed by atoms with Gasteiger partial charge in [-0.25, -0.2) is 0 Å². The molecule has 0 aliphatic carbocycles. The van der Waals surface area contributed by atoms with Crippen LogP contribution in [0, 0.1) is 0 Å². The number of nitrogens with two attached hydrogens (primary N) is 1. The molecule has 0 saturated carbocycles. The first-order chi connectivity index (χ1) is 20.2. The van der Waals surface area contributed by atoms with E-state index in [2.05, 4.69) is 10.6 Å². The van der Waals surface area contributed by atoms with Crippen LogP contribution in [0.25, 0.3) is 0 Å². The minimum atomic E-state index is -0.168. The van der Waals surface area contributed by atoms with Gasteiger partial charge in [0, 0.05) is 44.1 Å². The number of halogens is 1. The Bertz CT molecular complexity index is 758. The fourth-order valence-electron chi connectivity index (χ4n) is 3.39. The predicted molar refractivity (Wildman–Crippen MR) is 158 cm³/mol. The third kappa shape index (κ3) is 23.4. The summed E-state index contributed by atoms with van der Waals surface area (Å²) in [7, 11) is 0. The second-order valence-electron chi connectivity index (χ2n) is 9.05. The van der Waals surface area contributed by atoms with Crippen molar-refractivity contribution in [1.82, 2.24) is 10.6 Å². The van der Waals surface area contributed by atoms with Gasteiger partial charge in [-0.1, -0.05) is 25.0 Å². The molecule has 0 bridgehead atoms. The van der Waals surface area contributed by atoms with Crippen molar-refractivity contribution in [3.8, 4) is 0 Å². The first kappa shape index (κ1) is 37.2. The van der Waals surface area contributed by atoms with Crippen LogP contribution in [0.3, 0.4) is 0 Å². The number of rotatable bonds is 29. The zero-order valence-electron chi connectivity index (χ0n) is 24.4. The van der Waals surface area contributed by atoms with Crippen LogP contribution in [0.5, 0.6) is 0 Å². The molecular weight excluding hydrogens is 554 g/mol. The highest BCUT2D eigenvalue weighted by molar-refractivity contribution is 6.17. The summed E-state index contributed by atoms with van der Waals surface area (Å²) in [6.45, 7) is 7.21. The van der Waals surface area contributed by atoms with Gasteiger partial charge in [-0.05, 0) is 30.5 Å².